The molecular weight excluding hydrogens is 200 g/mol. The zero-order valence-corrected chi connectivity index (χ0v) is 9.08. The second-order valence-electron chi connectivity index (χ2n) is 3.44. The van der Waals surface area contributed by atoms with Gasteiger partial charge in [-0.25, -0.2) is 8.42 Å². The molecule has 78 valence electrons. The Morgan fingerprint density at radius 3 is 2.21 bits per heavy atom. The van der Waals surface area contributed by atoms with Gasteiger partial charge in [0.05, 0.1) is 16.8 Å². The van der Waals surface area contributed by atoms with Crippen LogP contribution in [0.5, 0.6) is 0 Å². The van der Waals surface area contributed by atoms with Crippen molar-refractivity contribution in [3.8, 4) is 0 Å². The van der Waals surface area contributed by atoms with Crippen molar-refractivity contribution in [3.05, 3.63) is 29.8 Å². The number of benzene rings is 1. The fraction of sp³-hybridized carbons (Fsp3) is 0.400. The van der Waals surface area contributed by atoms with Crippen molar-refractivity contribution in [1.82, 2.24) is 0 Å². The predicted octanol–water partition coefficient (Wildman–Crippen LogP) is 1.15. The van der Waals surface area contributed by atoms with Crippen molar-refractivity contribution < 1.29 is 13.5 Å². The molecule has 0 unspecified atom stereocenters. The third-order valence-electron chi connectivity index (χ3n) is 1.84. The van der Waals surface area contributed by atoms with Crippen LogP contribution in [0.4, 0.5) is 0 Å². The Kier molecular flexibility index (Phi) is 3.29. The lowest BCUT2D eigenvalue weighted by atomic mass is 10.2. The Hall–Kier alpha value is -0.870. The van der Waals surface area contributed by atoms with E-state index in [2.05, 4.69) is 0 Å². The number of hydrogen-bond acceptors (Lipinski definition) is 3. The summed E-state index contributed by atoms with van der Waals surface area (Å²) in [5.41, 5.74) is 1.01. The monoisotopic (exact) mass is 214 g/mol. The second-order valence-corrected chi connectivity index (χ2v) is 5.48. The number of aliphatic hydroxyl groups is 1. The van der Waals surface area contributed by atoms with E-state index < -0.39 is 15.9 Å². The van der Waals surface area contributed by atoms with E-state index in [9.17, 15) is 8.42 Å². The van der Waals surface area contributed by atoms with Crippen molar-refractivity contribution >= 4 is 9.84 Å². The average molecular weight is 214 g/mol. The maximum atomic E-state index is 11.6. The Morgan fingerprint density at radius 1 is 1.29 bits per heavy atom. The molecule has 0 aliphatic rings. The highest BCUT2D eigenvalue weighted by molar-refractivity contribution is 7.91. The second kappa shape index (κ2) is 4.11. The van der Waals surface area contributed by atoms with Gasteiger partial charge in [0, 0.05) is 0 Å². The van der Waals surface area contributed by atoms with Gasteiger partial charge in [0.2, 0.25) is 0 Å². The van der Waals surface area contributed by atoms with Crippen molar-refractivity contribution in [2.24, 2.45) is 0 Å². The first-order valence-corrected chi connectivity index (χ1v) is 6.04. The zero-order chi connectivity index (χ0) is 10.8. The van der Waals surface area contributed by atoms with Gasteiger partial charge < -0.3 is 5.11 Å². The van der Waals surface area contributed by atoms with E-state index in [0.29, 0.717) is 0 Å². The predicted molar refractivity (Wildman–Crippen MR) is 54.9 cm³/mol. The quantitative estimate of drug-likeness (QED) is 0.821. The SMILES string of the molecule is Cc1ccc(S(=O)(=O)C[C@@H](C)O)cc1. The standard InChI is InChI=1S/C10H14O3S/c1-8-3-5-10(6-4-8)14(12,13)7-9(2)11/h3-6,9,11H,7H2,1-2H3/t9-/m1/s1. The lowest BCUT2D eigenvalue weighted by Gasteiger charge is -2.06. The number of aliphatic hydroxyl groups excluding tert-OH is 1. The smallest absolute Gasteiger partial charge is 0.180 e. The first-order valence-electron chi connectivity index (χ1n) is 4.39. The summed E-state index contributed by atoms with van der Waals surface area (Å²) < 4.78 is 23.2. The molecule has 0 spiro atoms. The van der Waals surface area contributed by atoms with E-state index in [4.69, 9.17) is 5.11 Å². The minimum Gasteiger partial charge on any atom is -0.392 e. The Bertz CT molecular complexity index is 390. The van der Waals surface area contributed by atoms with Gasteiger partial charge in [0.1, 0.15) is 0 Å². The van der Waals surface area contributed by atoms with Gasteiger partial charge in [-0.05, 0) is 26.0 Å². The molecule has 1 rings (SSSR count). The topological polar surface area (TPSA) is 54.4 Å². The Balaban J connectivity index is 2.99. The van der Waals surface area contributed by atoms with Crippen LogP contribution >= 0.6 is 0 Å². The molecule has 0 aliphatic heterocycles. The fourth-order valence-corrected chi connectivity index (χ4v) is 2.54. The first kappa shape index (κ1) is 11.2. The number of sulfone groups is 1. The minimum atomic E-state index is -3.33. The number of hydrogen-bond donors (Lipinski definition) is 1. The van der Waals surface area contributed by atoms with Gasteiger partial charge in [0.15, 0.2) is 9.84 Å². The molecular formula is C10H14O3S. The molecule has 0 aromatic heterocycles. The molecule has 0 fully saturated rings. The Labute approximate surface area is 84.3 Å². The lowest BCUT2D eigenvalue weighted by Crippen LogP contribution is -2.17. The molecule has 0 aliphatic carbocycles. The van der Waals surface area contributed by atoms with Crippen molar-refractivity contribution in [2.75, 3.05) is 5.75 Å². The van der Waals surface area contributed by atoms with Crippen molar-refractivity contribution in [3.63, 3.8) is 0 Å². The van der Waals surface area contributed by atoms with Gasteiger partial charge >= 0.3 is 0 Å². The zero-order valence-electron chi connectivity index (χ0n) is 8.27. The van der Waals surface area contributed by atoms with Crippen molar-refractivity contribution in [1.29, 1.82) is 0 Å². The molecule has 3 nitrogen and oxygen atoms in total. The van der Waals surface area contributed by atoms with Gasteiger partial charge in [-0.15, -0.1) is 0 Å². The van der Waals surface area contributed by atoms with E-state index in [1.807, 2.05) is 6.92 Å². The molecule has 0 amide bonds. The van der Waals surface area contributed by atoms with Crippen LogP contribution in [-0.4, -0.2) is 25.4 Å². The third-order valence-corrected chi connectivity index (χ3v) is 3.75. The van der Waals surface area contributed by atoms with Crippen LogP contribution in [0.3, 0.4) is 0 Å². The molecule has 1 aromatic rings. The summed E-state index contributed by atoms with van der Waals surface area (Å²) in [4.78, 5) is 0.268. The summed E-state index contributed by atoms with van der Waals surface area (Å²) in [6.07, 6.45) is -0.832. The third kappa shape index (κ3) is 2.82. The maximum absolute atomic E-state index is 11.6. The average Bonchev–Trinajstić information content (AvgIpc) is 2.02. The minimum absolute atomic E-state index is 0.226. The van der Waals surface area contributed by atoms with Crippen LogP contribution in [0.1, 0.15) is 12.5 Å². The number of aryl methyl sites for hydroxylation is 1. The highest BCUT2D eigenvalue weighted by Gasteiger charge is 2.16. The van der Waals surface area contributed by atoms with Gasteiger partial charge in [-0.2, -0.15) is 0 Å². The van der Waals surface area contributed by atoms with Gasteiger partial charge in [-0.1, -0.05) is 17.7 Å². The van der Waals surface area contributed by atoms with Crippen LogP contribution < -0.4 is 0 Å². The summed E-state index contributed by atoms with van der Waals surface area (Å²) in [6, 6.07) is 6.62. The van der Waals surface area contributed by atoms with E-state index >= 15 is 0 Å². The molecule has 0 bridgehead atoms. The number of rotatable bonds is 3. The summed E-state index contributed by atoms with van der Waals surface area (Å²) in [5.74, 6) is -0.226. The first-order chi connectivity index (χ1) is 6.42. The molecule has 0 saturated carbocycles. The van der Waals surface area contributed by atoms with Gasteiger partial charge in [0.25, 0.3) is 0 Å². The molecule has 0 radical (unpaired) electrons. The highest BCUT2D eigenvalue weighted by atomic mass is 32.2. The van der Waals surface area contributed by atoms with Crippen LogP contribution in [0.2, 0.25) is 0 Å². The maximum Gasteiger partial charge on any atom is 0.180 e. The van der Waals surface area contributed by atoms with Gasteiger partial charge in [-0.3, -0.25) is 0 Å². The summed E-state index contributed by atoms with van der Waals surface area (Å²) in [5, 5.41) is 9.02. The summed E-state index contributed by atoms with van der Waals surface area (Å²) >= 11 is 0. The summed E-state index contributed by atoms with van der Waals surface area (Å²) in [7, 11) is -3.33. The Morgan fingerprint density at radius 2 is 1.79 bits per heavy atom. The largest absolute Gasteiger partial charge is 0.392 e. The van der Waals surface area contributed by atoms with Crippen LogP contribution in [0.15, 0.2) is 29.2 Å². The molecule has 1 aromatic carbocycles. The molecule has 1 N–H and O–H groups in total. The van der Waals surface area contributed by atoms with E-state index in [1.165, 1.54) is 6.92 Å². The summed E-state index contributed by atoms with van der Waals surface area (Å²) in [6.45, 7) is 3.36. The molecule has 0 heterocycles. The van der Waals surface area contributed by atoms with E-state index in [1.54, 1.807) is 24.3 Å². The molecule has 14 heavy (non-hydrogen) atoms. The van der Waals surface area contributed by atoms with Crippen LogP contribution in [0, 0.1) is 6.92 Å². The van der Waals surface area contributed by atoms with E-state index in [0.717, 1.165) is 5.56 Å². The normalized spacial score (nSPS) is 13.9. The van der Waals surface area contributed by atoms with Crippen LogP contribution in [0.25, 0.3) is 0 Å². The lowest BCUT2D eigenvalue weighted by molar-refractivity contribution is 0.218. The van der Waals surface area contributed by atoms with Crippen molar-refractivity contribution in [2.45, 2.75) is 24.8 Å². The molecule has 4 heteroatoms. The highest BCUT2D eigenvalue weighted by Crippen LogP contribution is 2.12. The molecule has 0 saturated heterocycles. The fourth-order valence-electron chi connectivity index (χ4n) is 1.16. The van der Waals surface area contributed by atoms with E-state index in [-0.39, 0.29) is 10.6 Å². The molecule has 1 atom stereocenters. The van der Waals surface area contributed by atoms with Crippen LogP contribution in [-0.2, 0) is 9.84 Å².